The van der Waals surface area contributed by atoms with E-state index >= 15 is 0 Å². The number of anilines is 1. The van der Waals surface area contributed by atoms with Gasteiger partial charge in [0.1, 0.15) is 5.82 Å². The Balaban J connectivity index is 2.51. The van der Waals surface area contributed by atoms with Gasteiger partial charge in [0.25, 0.3) is 0 Å². The third-order valence-corrected chi connectivity index (χ3v) is 3.78. The predicted octanol–water partition coefficient (Wildman–Crippen LogP) is 3.47. The summed E-state index contributed by atoms with van der Waals surface area (Å²) in [5, 5.41) is 3.32. The first-order chi connectivity index (χ1) is 8.17. The lowest BCUT2D eigenvalue weighted by Crippen LogP contribution is -2.28. The van der Waals surface area contributed by atoms with E-state index in [0.29, 0.717) is 11.0 Å². The van der Waals surface area contributed by atoms with E-state index in [2.05, 4.69) is 27.5 Å². The minimum Gasteiger partial charge on any atom is -0.381 e. The van der Waals surface area contributed by atoms with E-state index in [1.165, 1.54) is 6.07 Å². The maximum atomic E-state index is 13.1. The number of nitrogens with two attached hydrogens (primary N) is 1. The van der Waals surface area contributed by atoms with Crippen LogP contribution in [-0.4, -0.2) is 24.6 Å². The van der Waals surface area contributed by atoms with E-state index in [0.717, 1.165) is 24.3 Å². The van der Waals surface area contributed by atoms with Gasteiger partial charge in [0.2, 0.25) is 0 Å². The van der Waals surface area contributed by atoms with Crippen LogP contribution in [-0.2, 0) is 0 Å². The molecule has 1 atom stereocenters. The average Bonchev–Trinajstić information content (AvgIpc) is 2.32. The Hall–Kier alpha value is -0.260. The molecule has 1 aromatic carbocycles. The lowest BCUT2D eigenvalue weighted by molar-refractivity contribution is 0.620. The smallest absolute Gasteiger partial charge is 0.137 e. The van der Waals surface area contributed by atoms with Crippen LogP contribution < -0.4 is 11.1 Å². The summed E-state index contributed by atoms with van der Waals surface area (Å²) in [5.74, 6) is 0.896. The third kappa shape index (κ3) is 5.27. The van der Waals surface area contributed by atoms with Gasteiger partial charge in [0.15, 0.2) is 0 Å². The van der Waals surface area contributed by atoms with E-state index < -0.39 is 0 Å². The highest BCUT2D eigenvalue weighted by Crippen LogP contribution is 2.21. The topological polar surface area (TPSA) is 38.0 Å². The number of rotatable bonds is 7. The number of benzene rings is 1. The fourth-order valence-electron chi connectivity index (χ4n) is 1.54. The van der Waals surface area contributed by atoms with Crippen molar-refractivity contribution in [3.63, 3.8) is 0 Å². The molecule has 0 aromatic heterocycles. The summed E-state index contributed by atoms with van der Waals surface area (Å²) in [6.45, 7) is 0.587. The Morgan fingerprint density at radius 2 is 2.29 bits per heavy atom. The molecule has 0 aliphatic heterocycles. The van der Waals surface area contributed by atoms with Gasteiger partial charge in [-0.15, -0.1) is 0 Å². The zero-order valence-electron chi connectivity index (χ0n) is 9.88. The molecule has 1 rings (SSSR count). The first kappa shape index (κ1) is 14.8. The second-order valence-corrected chi connectivity index (χ2v) is 5.68. The van der Waals surface area contributed by atoms with Crippen molar-refractivity contribution in [3.8, 4) is 0 Å². The van der Waals surface area contributed by atoms with E-state index in [1.54, 1.807) is 12.1 Å². The molecule has 0 bridgehead atoms. The zero-order chi connectivity index (χ0) is 12.7. The maximum absolute atomic E-state index is 13.1. The minimum absolute atomic E-state index is 0.248. The van der Waals surface area contributed by atoms with E-state index in [9.17, 15) is 4.39 Å². The number of hydrogen-bond donors (Lipinski definition) is 2. The lowest BCUT2D eigenvalue weighted by Gasteiger charge is -2.18. The summed E-state index contributed by atoms with van der Waals surface area (Å²) in [6.07, 6.45) is 4.27. The van der Waals surface area contributed by atoms with Crippen molar-refractivity contribution in [2.75, 3.05) is 23.9 Å². The van der Waals surface area contributed by atoms with Gasteiger partial charge in [-0.25, -0.2) is 4.39 Å². The molecule has 17 heavy (non-hydrogen) atoms. The van der Waals surface area contributed by atoms with Gasteiger partial charge in [-0.1, -0.05) is 0 Å². The Morgan fingerprint density at radius 1 is 1.53 bits per heavy atom. The van der Waals surface area contributed by atoms with E-state index in [4.69, 9.17) is 5.73 Å². The summed E-state index contributed by atoms with van der Waals surface area (Å²) < 4.78 is 13.5. The SMILES string of the molecule is CSCCCC(CN)Nc1ccc(F)c(Br)c1. The van der Waals surface area contributed by atoms with Gasteiger partial charge < -0.3 is 11.1 Å². The number of hydrogen-bond acceptors (Lipinski definition) is 3. The number of halogens is 2. The molecule has 5 heteroatoms. The first-order valence-corrected chi connectivity index (χ1v) is 7.76. The average molecular weight is 321 g/mol. The van der Waals surface area contributed by atoms with Crippen molar-refractivity contribution in [2.24, 2.45) is 5.73 Å². The van der Waals surface area contributed by atoms with Gasteiger partial charge in [-0.2, -0.15) is 11.8 Å². The molecule has 0 radical (unpaired) electrons. The Morgan fingerprint density at radius 3 is 2.88 bits per heavy atom. The largest absolute Gasteiger partial charge is 0.381 e. The van der Waals surface area contributed by atoms with Crippen molar-refractivity contribution < 1.29 is 4.39 Å². The third-order valence-electron chi connectivity index (χ3n) is 2.48. The van der Waals surface area contributed by atoms with Crippen molar-refractivity contribution in [2.45, 2.75) is 18.9 Å². The summed E-state index contributed by atoms with van der Waals surface area (Å²) in [6, 6.07) is 5.17. The van der Waals surface area contributed by atoms with Crippen LogP contribution in [0.25, 0.3) is 0 Å². The molecule has 3 N–H and O–H groups in total. The summed E-state index contributed by atoms with van der Waals surface area (Å²) in [7, 11) is 0. The Kier molecular flexibility index (Phi) is 6.92. The van der Waals surface area contributed by atoms with E-state index in [-0.39, 0.29) is 11.9 Å². The quantitative estimate of drug-likeness (QED) is 0.755. The highest BCUT2D eigenvalue weighted by atomic mass is 79.9. The standard InChI is InChI=1S/C12H18BrFN2S/c1-17-6-2-3-10(8-15)16-9-4-5-12(14)11(13)7-9/h4-5,7,10,16H,2-3,6,8,15H2,1H3. The van der Waals surface area contributed by atoms with Gasteiger partial charge in [-0.3, -0.25) is 0 Å². The van der Waals surface area contributed by atoms with Gasteiger partial charge in [-0.05, 0) is 59.0 Å². The highest BCUT2D eigenvalue weighted by Gasteiger charge is 2.07. The molecule has 0 fully saturated rings. The van der Waals surface area contributed by atoms with Crippen LogP contribution in [0, 0.1) is 5.82 Å². The molecule has 0 aliphatic rings. The number of thioether (sulfide) groups is 1. The van der Waals surface area contributed by atoms with Crippen molar-refractivity contribution in [1.29, 1.82) is 0 Å². The van der Waals surface area contributed by atoms with Crippen LogP contribution in [0.3, 0.4) is 0 Å². The normalized spacial score (nSPS) is 12.5. The van der Waals surface area contributed by atoms with Gasteiger partial charge in [0, 0.05) is 18.3 Å². The summed E-state index contributed by atoms with van der Waals surface area (Å²) in [4.78, 5) is 0. The molecular formula is C12H18BrFN2S. The molecule has 96 valence electrons. The van der Waals surface area contributed by atoms with E-state index in [1.807, 2.05) is 11.8 Å². The number of nitrogens with one attached hydrogen (secondary N) is 1. The first-order valence-electron chi connectivity index (χ1n) is 5.58. The fraction of sp³-hybridized carbons (Fsp3) is 0.500. The molecule has 0 aliphatic carbocycles. The van der Waals surface area contributed by atoms with Crippen LogP contribution in [0.4, 0.5) is 10.1 Å². The molecule has 0 saturated carbocycles. The van der Waals surface area contributed by atoms with Gasteiger partial charge >= 0.3 is 0 Å². The molecule has 1 aromatic rings. The maximum Gasteiger partial charge on any atom is 0.137 e. The summed E-state index contributed by atoms with van der Waals surface area (Å²) in [5.41, 5.74) is 6.62. The van der Waals surface area contributed by atoms with Crippen molar-refractivity contribution in [3.05, 3.63) is 28.5 Å². The van der Waals surface area contributed by atoms with Crippen LogP contribution in [0.1, 0.15) is 12.8 Å². The van der Waals surface area contributed by atoms with Gasteiger partial charge in [0.05, 0.1) is 4.47 Å². The van der Waals surface area contributed by atoms with Crippen molar-refractivity contribution >= 4 is 33.4 Å². The van der Waals surface area contributed by atoms with Crippen LogP contribution in [0.2, 0.25) is 0 Å². The molecule has 0 heterocycles. The van der Waals surface area contributed by atoms with Crippen molar-refractivity contribution in [1.82, 2.24) is 0 Å². The second-order valence-electron chi connectivity index (χ2n) is 3.84. The van der Waals surface area contributed by atoms with Crippen LogP contribution in [0.5, 0.6) is 0 Å². The lowest BCUT2D eigenvalue weighted by atomic mass is 10.1. The van der Waals surface area contributed by atoms with Crippen LogP contribution >= 0.6 is 27.7 Å². The second kappa shape index (κ2) is 7.95. The molecule has 0 amide bonds. The predicted molar refractivity (Wildman–Crippen MR) is 78.2 cm³/mol. The van der Waals surface area contributed by atoms with Crippen LogP contribution in [0.15, 0.2) is 22.7 Å². The molecule has 1 unspecified atom stereocenters. The zero-order valence-corrected chi connectivity index (χ0v) is 12.3. The Labute approximate surface area is 115 Å². The summed E-state index contributed by atoms with van der Waals surface area (Å²) >= 11 is 5.01. The fourth-order valence-corrected chi connectivity index (χ4v) is 2.38. The monoisotopic (exact) mass is 320 g/mol. The molecule has 0 saturated heterocycles. The highest BCUT2D eigenvalue weighted by molar-refractivity contribution is 9.10. The molecule has 2 nitrogen and oxygen atoms in total. The Bertz CT molecular complexity index is 349. The molecular weight excluding hydrogens is 303 g/mol. The minimum atomic E-state index is -0.248. The molecule has 0 spiro atoms.